The van der Waals surface area contributed by atoms with Crippen molar-refractivity contribution in [1.29, 1.82) is 0 Å². The number of rotatable bonds is 3. The summed E-state index contributed by atoms with van der Waals surface area (Å²) in [5.74, 6) is -0.478. The highest BCUT2D eigenvalue weighted by atomic mass is 32.1. The van der Waals surface area contributed by atoms with Gasteiger partial charge in [0.05, 0.1) is 11.7 Å². The summed E-state index contributed by atoms with van der Waals surface area (Å²) in [4.78, 5) is 40.6. The number of hydrogen-bond acceptors (Lipinski definition) is 6. The third-order valence-electron chi connectivity index (χ3n) is 3.13. The molecule has 0 aliphatic carbocycles. The molecule has 1 amide bonds. The zero-order chi connectivity index (χ0) is 15.7. The number of benzene rings is 1. The van der Waals surface area contributed by atoms with Crippen molar-refractivity contribution in [1.82, 2.24) is 23.6 Å². The molecule has 112 valence electrons. The van der Waals surface area contributed by atoms with E-state index in [9.17, 15) is 14.4 Å². The lowest BCUT2D eigenvalue weighted by Gasteiger charge is -2.16. The highest BCUT2D eigenvalue weighted by Crippen LogP contribution is 2.15. The van der Waals surface area contributed by atoms with Crippen molar-refractivity contribution in [3.63, 3.8) is 0 Å². The van der Waals surface area contributed by atoms with Crippen LogP contribution in [0.15, 0.2) is 34.0 Å². The van der Waals surface area contributed by atoms with Crippen LogP contribution in [0.2, 0.25) is 0 Å². The molecule has 2 aromatic heterocycles. The molecule has 0 saturated carbocycles. The summed E-state index contributed by atoms with van der Waals surface area (Å²) in [6.45, 7) is 0.310. The average molecular weight is 317 g/mol. The Hall–Kier alpha value is -2.81. The molecule has 0 fully saturated rings. The van der Waals surface area contributed by atoms with E-state index in [-0.39, 0.29) is 5.56 Å². The zero-order valence-electron chi connectivity index (χ0n) is 11.5. The topological polar surface area (TPSA) is 112 Å². The Morgan fingerprint density at radius 3 is 2.82 bits per heavy atom. The monoisotopic (exact) mass is 317 g/mol. The summed E-state index contributed by atoms with van der Waals surface area (Å²) < 4.78 is 8.26. The molecule has 0 aliphatic heterocycles. The van der Waals surface area contributed by atoms with Crippen LogP contribution in [0, 0.1) is 0 Å². The fraction of sp³-hybridized carbons (Fsp3) is 0.154. The van der Waals surface area contributed by atoms with Crippen LogP contribution >= 0.6 is 11.7 Å². The van der Waals surface area contributed by atoms with Crippen molar-refractivity contribution in [2.75, 3.05) is 7.05 Å². The maximum absolute atomic E-state index is 12.3. The predicted molar refractivity (Wildman–Crippen MR) is 80.9 cm³/mol. The minimum Gasteiger partial charge on any atom is -0.337 e. The second kappa shape index (κ2) is 5.53. The lowest BCUT2D eigenvalue weighted by molar-refractivity contribution is 0.0783. The van der Waals surface area contributed by atoms with Crippen LogP contribution in [0.4, 0.5) is 0 Å². The molecule has 3 rings (SSSR count). The normalized spacial score (nSPS) is 10.8. The van der Waals surface area contributed by atoms with Crippen molar-refractivity contribution in [2.45, 2.75) is 6.54 Å². The number of nitrogens with one attached hydrogen (secondary N) is 2. The third kappa shape index (κ3) is 2.66. The summed E-state index contributed by atoms with van der Waals surface area (Å²) in [6, 6.07) is 5.53. The number of aromatic amines is 2. The van der Waals surface area contributed by atoms with E-state index in [1.54, 1.807) is 7.05 Å². The molecule has 0 bridgehead atoms. The van der Waals surface area contributed by atoms with Crippen molar-refractivity contribution in [3.8, 4) is 0 Å². The van der Waals surface area contributed by atoms with Crippen LogP contribution in [-0.2, 0) is 6.54 Å². The van der Waals surface area contributed by atoms with E-state index in [2.05, 4.69) is 13.7 Å². The number of hydrogen-bond donors (Lipinski definition) is 2. The lowest BCUT2D eigenvalue weighted by Crippen LogP contribution is -2.34. The number of amides is 1. The third-order valence-corrected chi connectivity index (χ3v) is 3.69. The Kier molecular flexibility index (Phi) is 3.55. The Labute approximate surface area is 127 Å². The molecular formula is C13H11N5O3S. The van der Waals surface area contributed by atoms with Crippen LogP contribution in [0.1, 0.15) is 15.9 Å². The second-order valence-corrected chi connectivity index (χ2v) is 5.26. The van der Waals surface area contributed by atoms with Gasteiger partial charge in [-0.1, -0.05) is 6.07 Å². The smallest absolute Gasteiger partial charge is 0.325 e. The molecule has 2 heterocycles. The number of H-pyrrole nitrogens is 2. The average Bonchev–Trinajstić information content (AvgIpc) is 2.94. The molecule has 2 N–H and O–H groups in total. The van der Waals surface area contributed by atoms with Gasteiger partial charge in [0.15, 0.2) is 0 Å². The number of nitrogens with zero attached hydrogens (tertiary/aromatic N) is 3. The first-order valence-corrected chi connectivity index (χ1v) is 7.06. The molecule has 0 radical (unpaired) electrons. The summed E-state index contributed by atoms with van der Waals surface area (Å²) in [5.41, 5.74) is 0.978. The van der Waals surface area contributed by atoms with Gasteiger partial charge in [0.1, 0.15) is 16.6 Å². The lowest BCUT2D eigenvalue weighted by atomic mass is 10.2. The Balaban J connectivity index is 1.83. The summed E-state index contributed by atoms with van der Waals surface area (Å²) in [5, 5.41) is 0. The summed E-state index contributed by atoms with van der Waals surface area (Å²) in [6.07, 6.45) is 1.12. The molecule has 3 aromatic rings. The van der Waals surface area contributed by atoms with E-state index < -0.39 is 17.2 Å². The fourth-order valence-electron chi connectivity index (χ4n) is 2.05. The fourth-order valence-corrected chi connectivity index (χ4v) is 2.56. The van der Waals surface area contributed by atoms with Gasteiger partial charge in [-0.05, 0) is 17.7 Å². The van der Waals surface area contributed by atoms with E-state index in [0.29, 0.717) is 6.54 Å². The van der Waals surface area contributed by atoms with Gasteiger partial charge in [-0.2, -0.15) is 8.75 Å². The van der Waals surface area contributed by atoms with Crippen LogP contribution in [-0.4, -0.2) is 36.6 Å². The first-order valence-electron chi connectivity index (χ1n) is 6.33. The highest BCUT2D eigenvalue weighted by molar-refractivity contribution is 7.00. The molecule has 1 aromatic carbocycles. The molecule has 0 unspecified atom stereocenters. The molecular weight excluding hydrogens is 306 g/mol. The molecule has 0 atom stereocenters. The van der Waals surface area contributed by atoms with Crippen LogP contribution < -0.4 is 11.2 Å². The molecule has 9 heteroatoms. The minimum atomic E-state index is -0.709. The Morgan fingerprint density at radius 2 is 2.05 bits per heavy atom. The summed E-state index contributed by atoms with van der Waals surface area (Å²) >= 11 is 1.13. The highest BCUT2D eigenvalue weighted by Gasteiger charge is 2.16. The van der Waals surface area contributed by atoms with Crippen molar-refractivity contribution < 1.29 is 4.79 Å². The number of carbonyl (C=O) groups is 1. The second-order valence-electron chi connectivity index (χ2n) is 4.73. The summed E-state index contributed by atoms with van der Waals surface area (Å²) in [7, 11) is 1.58. The van der Waals surface area contributed by atoms with Gasteiger partial charge in [-0.25, -0.2) is 4.79 Å². The van der Waals surface area contributed by atoms with Gasteiger partial charge in [0, 0.05) is 19.8 Å². The largest absolute Gasteiger partial charge is 0.337 e. The predicted octanol–water partition coefficient (Wildman–Crippen LogP) is 0.340. The number of fused-ring (bicyclic) bond motifs is 1. The number of carbonyl (C=O) groups excluding carboxylic acids is 1. The van der Waals surface area contributed by atoms with E-state index in [1.165, 1.54) is 4.90 Å². The van der Waals surface area contributed by atoms with Crippen LogP contribution in [0.5, 0.6) is 0 Å². The zero-order valence-corrected chi connectivity index (χ0v) is 12.3. The van der Waals surface area contributed by atoms with Crippen molar-refractivity contribution in [3.05, 3.63) is 56.4 Å². The van der Waals surface area contributed by atoms with E-state index in [0.717, 1.165) is 34.5 Å². The Morgan fingerprint density at radius 1 is 1.27 bits per heavy atom. The SMILES string of the molecule is CN(Cc1ccc2nsnc2c1)C(=O)c1c[nH]c(=O)[nH]c1=O. The molecule has 22 heavy (non-hydrogen) atoms. The maximum Gasteiger partial charge on any atom is 0.325 e. The molecule has 0 spiro atoms. The van der Waals surface area contributed by atoms with Gasteiger partial charge in [0.25, 0.3) is 11.5 Å². The Bertz CT molecular complexity index is 958. The van der Waals surface area contributed by atoms with Gasteiger partial charge in [-0.3, -0.25) is 14.6 Å². The van der Waals surface area contributed by atoms with Crippen molar-refractivity contribution >= 4 is 28.7 Å². The van der Waals surface area contributed by atoms with E-state index in [1.807, 2.05) is 23.2 Å². The number of aromatic nitrogens is 4. The van der Waals surface area contributed by atoms with Gasteiger partial charge >= 0.3 is 5.69 Å². The van der Waals surface area contributed by atoms with E-state index in [4.69, 9.17) is 0 Å². The van der Waals surface area contributed by atoms with Gasteiger partial charge < -0.3 is 9.88 Å². The standard InChI is InChI=1S/C13H11N5O3S/c1-18(12(20)8-5-14-13(21)15-11(8)19)6-7-2-3-9-10(4-7)17-22-16-9/h2-5H,6H2,1H3,(H2,14,15,19,21). The van der Waals surface area contributed by atoms with Crippen LogP contribution in [0.25, 0.3) is 11.0 Å². The minimum absolute atomic E-state index is 0.112. The first-order chi connectivity index (χ1) is 10.5. The van der Waals surface area contributed by atoms with Gasteiger partial charge in [0.2, 0.25) is 0 Å². The maximum atomic E-state index is 12.3. The quantitative estimate of drug-likeness (QED) is 0.723. The van der Waals surface area contributed by atoms with Crippen LogP contribution in [0.3, 0.4) is 0 Å². The van der Waals surface area contributed by atoms with Crippen molar-refractivity contribution in [2.24, 2.45) is 0 Å². The first kappa shape index (κ1) is 14.1. The molecule has 8 nitrogen and oxygen atoms in total. The van der Waals surface area contributed by atoms with E-state index >= 15 is 0 Å². The molecule has 0 aliphatic rings. The molecule has 0 saturated heterocycles. The van der Waals surface area contributed by atoms with Gasteiger partial charge in [-0.15, -0.1) is 0 Å².